The molecule has 0 bridgehead atoms. The molecular formula is C20H29N3O2S. The van der Waals surface area contributed by atoms with Crippen LogP contribution in [0.3, 0.4) is 0 Å². The van der Waals surface area contributed by atoms with E-state index in [1.165, 1.54) is 9.75 Å². The fourth-order valence-electron chi connectivity index (χ4n) is 3.45. The number of hydrogen-bond donors (Lipinski definition) is 1. The zero-order valence-corrected chi connectivity index (χ0v) is 16.6. The maximum Gasteiger partial charge on any atom is 0.234 e. The largest absolute Gasteiger partial charge is 0.468 e. The molecule has 0 unspecified atom stereocenters. The summed E-state index contributed by atoms with van der Waals surface area (Å²) in [5.41, 5.74) is 0. The van der Waals surface area contributed by atoms with Gasteiger partial charge < -0.3 is 14.6 Å². The predicted molar refractivity (Wildman–Crippen MR) is 105 cm³/mol. The molecule has 0 spiro atoms. The number of carbonyl (C=O) groups is 1. The Morgan fingerprint density at radius 3 is 2.73 bits per heavy atom. The number of thiophene rings is 1. The molecule has 0 aromatic carbocycles. The second-order valence-electron chi connectivity index (χ2n) is 7.01. The Balaban J connectivity index is 1.54. The number of piperidine rings is 1. The van der Waals surface area contributed by atoms with Gasteiger partial charge >= 0.3 is 0 Å². The van der Waals surface area contributed by atoms with Crippen LogP contribution in [0.5, 0.6) is 0 Å². The molecule has 0 atom stereocenters. The third kappa shape index (κ3) is 5.69. The highest BCUT2D eigenvalue weighted by Crippen LogP contribution is 2.18. The third-order valence-electron chi connectivity index (χ3n) is 4.90. The van der Waals surface area contributed by atoms with E-state index in [-0.39, 0.29) is 5.91 Å². The number of nitrogens with one attached hydrogen (secondary N) is 1. The highest BCUT2D eigenvalue weighted by Gasteiger charge is 2.21. The molecule has 1 N–H and O–H groups in total. The molecule has 1 aliphatic rings. The molecule has 1 aliphatic heterocycles. The van der Waals surface area contributed by atoms with Crippen molar-refractivity contribution in [1.82, 2.24) is 15.1 Å². The van der Waals surface area contributed by atoms with Gasteiger partial charge in [-0.25, -0.2) is 0 Å². The molecule has 3 rings (SSSR count). The first-order chi connectivity index (χ1) is 12.6. The van der Waals surface area contributed by atoms with E-state index >= 15 is 0 Å². The van der Waals surface area contributed by atoms with Gasteiger partial charge in [-0.3, -0.25) is 9.69 Å². The monoisotopic (exact) mass is 375 g/mol. The summed E-state index contributed by atoms with van der Waals surface area (Å²) >= 11 is 1.78. The summed E-state index contributed by atoms with van der Waals surface area (Å²) in [6, 6.07) is 8.44. The molecule has 1 amide bonds. The molecule has 142 valence electrons. The van der Waals surface area contributed by atoms with Gasteiger partial charge in [0.05, 0.1) is 19.4 Å². The molecule has 26 heavy (non-hydrogen) atoms. The first-order valence-corrected chi connectivity index (χ1v) is 10.3. The summed E-state index contributed by atoms with van der Waals surface area (Å²) < 4.78 is 5.49. The molecule has 5 nitrogen and oxygen atoms in total. The minimum Gasteiger partial charge on any atom is -0.468 e. The van der Waals surface area contributed by atoms with Crippen molar-refractivity contribution >= 4 is 17.2 Å². The van der Waals surface area contributed by atoms with Gasteiger partial charge in [0.15, 0.2) is 0 Å². The number of carbonyl (C=O) groups excluding carboxylic acids is 1. The van der Waals surface area contributed by atoms with Gasteiger partial charge in [-0.2, -0.15) is 0 Å². The second-order valence-corrected chi connectivity index (χ2v) is 8.39. The molecule has 0 aliphatic carbocycles. The average Bonchev–Trinajstić information content (AvgIpc) is 3.27. The van der Waals surface area contributed by atoms with E-state index in [9.17, 15) is 4.79 Å². The summed E-state index contributed by atoms with van der Waals surface area (Å²) in [6.07, 6.45) is 3.77. The van der Waals surface area contributed by atoms with Gasteiger partial charge in [0.25, 0.3) is 0 Å². The van der Waals surface area contributed by atoms with Gasteiger partial charge in [-0.05, 0) is 50.6 Å². The summed E-state index contributed by atoms with van der Waals surface area (Å²) in [5.74, 6) is 1.00. The summed E-state index contributed by atoms with van der Waals surface area (Å²) in [7, 11) is 0. The highest BCUT2D eigenvalue weighted by atomic mass is 32.1. The molecule has 1 saturated heterocycles. The van der Waals surface area contributed by atoms with Crippen molar-refractivity contribution in [2.24, 2.45) is 0 Å². The minimum absolute atomic E-state index is 0.111. The van der Waals surface area contributed by atoms with E-state index in [2.05, 4.69) is 41.1 Å². The van der Waals surface area contributed by atoms with Crippen LogP contribution in [-0.2, 0) is 17.9 Å². The molecule has 0 saturated carbocycles. The molecule has 2 aromatic rings. The van der Waals surface area contributed by atoms with Gasteiger partial charge in [-0.1, -0.05) is 6.92 Å². The fraction of sp³-hybridized carbons (Fsp3) is 0.550. The molecule has 6 heteroatoms. The van der Waals surface area contributed by atoms with E-state index in [0.717, 1.165) is 44.8 Å². The van der Waals surface area contributed by atoms with Crippen LogP contribution in [0.15, 0.2) is 34.9 Å². The maximum atomic E-state index is 12.6. The number of rotatable bonds is 8. The Labute approximate surface area is 160 Å². The first-order valence-electron chi connectivity index (χ1n) is 9.44. The minimum atomic E-state index is 0.111. The predicted octanol–water partition coefficient (Wildman–Crippen LogP) is 3.25. The number of likely N-dealkylation sites (tertiary alicyclic amines) is 1. The van der Waals surface area contributed by atoms with Crippen molar-refractivity contribution in [3.8, 4) is 0 Å². The Morgan fingerprint density at radius 2 is 2.12 bits per heavy atom. The molecular weight excluding hydrogens is 346 g/mol. The zero-order valence-electron chi connectivity index (χ0n) is 15.7. The standard InChI is InChI=1S/C20H29N3O2S/c1-3-22-10-8-17(9-11-22)21-20(24)15-23(13-18-5-4-12-25-18)14-19-7-6-16(2)26-19/h4-7,12,17H,3,8-11,13-15H2,1-2H3,(H,21,24). The maximum absolute atomic E-state index is 12.6. The van der Waals surface area contributed by atoms with E-state index in [0.29, 0.717) is 19.1 Å². The molecule has 2 aromatic heterocycles. The lowest BCUT2D eigenvalue weighted by molar-refractivity contribution is -0.123. The van der Waals surface area contributed by atoms with Gasteiger partial charge in [-0.15, -0.1) is 11.3 Å². The lowest BCUT2D eigenvalue weighted by atomic mass is 10.1. The topological polar surface area (TPSA) is 48.7 Å². The molecule has 1 fully saturated rings. The van der Waals surface area contributed by atoms with Crippen molar-refractivity contribution in [2.45, 2.75) is 45.8 Å². The van der Waals surface area contributed by atoms with Crippen LogP contribution in [0, 0.1) is 6.92 Å². The van der Waals surface area contributed by atoms with Gasteiger partial charge in [0.2, 0.25) is 5.91 Å². The highest BCUT2D eigenvalue weighted by molar-refractivity contribution is 7.11. The van der Waals surface area contributed by atoms with Crippen molar-refractivity contribution in [3.05, 3.63) is 46.0 Å². The van der Waals surface area contributed by atoms with Crippen molar-refractivity contribution < 1.29 is 9.21 Å². The number of furan rings is 1. The number of aryl methyl sites for hydroxylation is 1. The fourth-order valence-corrected chi connectivity index (χ4v) is 4.38. The summed E-state index contributed by atoms with van der Waals surface area (Å²) in [4.78, 5) is 19.8. The van der Waals surface area contributed by atoms with E-state index in [4.69, 9.17) is 4.42 Å². The van der Waals surface area contributed by atoms with E-state index in [1.807, 2.05) is 12.1 Å². The van der Waals surface area contributed by atoms with E-state index in [1.54, 1.807) is 17.6 Å². The normalized spacial score (nSPS) is 16.3. The zero-order chi connectivity index (χ0) is 18.4. The number of hydrogen-bond acceptors (Lipinski definition) is 5. The molecule has 3 heterocycles. The lowest BCUT2D eigenvalue weighted by Crippen LogP contribution is -2.47. The third-order valence-corrected chi connectivity index (χ3v) is 5.89. The smallest absolute Gasteiger partial charge is 0.234 e. The number of nitrogens with zero attached hydrogens (tertiary/aromatic N) is 2. The van der Waals surface area contributed by atoms with Crippen molar-refractivity contribution in [1.29, 1.82) is 0 Å². The lowest BCUT2D eigenvalue weighted by Gasteiger charge is -2.32. The summed E-state index contributed by atoms with van der Waals surface area (Å²) in [6.45, 7) is 9.35. The van der Waals surface area contributed by atoms with Crippen molar-refractivity contribution in [2.75, 3.05) is 26.2 Å². The van der Waals surface area contributed by atoms with Crippen LogP contribution >= 0.6 is 11.3 Å². The van der Waals surface area contributed by atoms with Crippen LogP contribution in [-0.4, -0.2) is 47.9 Å². The first kappa shape index (κ1) is 19.1. The molecule has 0 radical (unpaired) electrons. The quantitative estimate of drug-likeness (QED) is 0.769. The van der Waals surface area contributed by atoms with Crippen LogP contribution in [0.4, 0.5) is 0 Å². The van der Waals surface area contributed by atoms with Crippen LogP contribution in [0.25, 0.3) is 0 Å². The van der Waals surface area contributed by atoms with Crippen molar-refractivity contribution in [3.63, 3.8) is 0 Å². The van der Waals surface area contributed by atoms with Gasteiger partial charge in [0.1, 0.15) is 5.76 Å². The second kappa shape index (κ2) is 9.35. The van der Waals surface area contributed by atoms with Crippen LogP contribution in [0.2, 0.25) is 0 Å². The number of amides is 1. The summed E-state index contributed by atoms with van der Waals surface area (Å²) in [5, 5.41) is 3.23. The Bertz CT molecular complexity index is 675. The van der Waals surface area contributed by atoms with Crippen LogP contribution in [0.1, 0.15) is 35.3 Å². The van der Waals surface area contributed by atoms with E-state index < -0.39 is 0 Å². The average molecular weight is 376 g/mol. The van der Waals surface area contributed by atoms with Gasteiger partial charge in [0, 0.05) is 35.4 Å². The Hall–Kier alpha value is -1.63. The Morgan fingerprint density at radius 1 is 1.31 bits per heavy atom. The van der Waals surface area contributed by atoms with Crippen LogP contribution < -0.4 is 5.32 Å². The SMILES string of the molecule is CCN1CCC(NC(=O)CN(Cc2ccco2)Cc2ccc(C)s2)CC1. The Kier molecular flexibility index (Phi) is 6.88.